The highest BCUT2D eigenvalue weighted by atomic mass is 32.2. The van der Waals surface area contributed by atoms with Gasteiger partial charge in [-0.1, -0.05) is 20.8 Å². The number of carbonyl (C=O) groups is 1. The van der Waals surface area contributed by atoms with Crippen LogP contribution in [0, 0.1) is 24.0 Å². The van der Waals surface area contributed by atoms with Gasteiger partial charge in [-0.2, -0.15) is 0 Å². The molecule has 0 radical (unpaired) electrons. The SMILES string of the molecule is Cc1cc(S(=O)(=O)NC(=O)CC(C)(C)C)c(F)cc1F. The second-order valence-corrected chi connectivity index (χ2v) is 7.45. The lowest BCUT2D eigenvalue weighted by atomic mass is 9.92. The molecular formula is C13H17F2NO3S. The molecular weight excluding hydrogens is 288 g/mol. The van der Waals surface area contributed by atoms with E-state index in [0.717, 1.165) is 6.07 Å². The van der Waals surface area contributed by atoms with Crippen LogP contribution in [0.1, 0.15) is 32.8 Å². The van der Waals surface area contributed by atoms with Crippen molar-refractivity contribution in [2.24, 2.45) is 5.41 Å². The van der Waals surface area contributed by atoms with E-state index in [2.05, 4.69) is 0 Å². The third kappa shape index (κ3) is 4.26. The fourth-order valence-corrected chi connectivity index (χ4v) is 2.69. The number of amides is 1. The highest BCUT2D eigenvalue weighted by molar-refractivity contribution is 7.90. The highest BCUT2D eigenvalue weighted by Gasteiger charge is 2.25. The summed E-state index contributed by atoms with van der Waals surface area (Å²) in [4.78, 5) is 10.9. The molecule has 0 saturated carbocycles. The quantitative estimate of drug-likeness (QED) is 0.933. The largest absolute Gasteiger partial charge is 0.274 e. The maximum absolute atomic E-state index is 13.5. The Bertz CT molecular complexity index is 634. The smallest absolute Gasteiger partial charge is 0.266 e. The lowest BCUT2D eigenvalue weighted by Crippen LogP contribution is -2.33. The summed E-state index contributed by atoms with van der Waals surface area (Å²) in [6, 6.07) is 1.34. The van der Waals surface area contributed by atoms with Crippen LogP contribution in [-0.2, 0) is 14.8 Å². The van der Waals surface area contributed by atoms with Crippen LogP contribution in [0.15, 0.2) is 17.0 Å². The van der Waals surface area contributed by atoms with Gasteiger partial charge in [0, 0.05) is 12.5 Å². The molecule has 0 atom stereocenters. The molecule has 1 amide bonds. The lowest BCUT2D eigenvalue weighted by Gasteiger charge is -2.17. The fourth-order valence-electron chi connectivity index (χ4n) is 1.56. The summed E-state index contributed by atoms with van der Waals surface area (Å²) >= 11 is 0. The molecule has 0 unspecified atom stereocenters. The Morgan fingerprint density at radius 3 is 2.25 bits per heavy atom. The van der Waals surface area contributed by atoms with Crippen LogP contribution in [0.2, 0.25) is 0 Å². The van der Waals surface area contributed by atoms with Gasteiger partial charge in [-0.3, -0.25) is 4.79 Å². The summed E-state index contributed by atoms with van der Waals surface area (Å²) in [5.41, 5.74) is -0.424. The van der Waals surface area contributed by atoms with Crippen molar-refractivity contribution >= 4 is 15.9 Å². The predicted octanol–water partition coefficient (Wildman–Crippen LogP) is 2.51. The van der Waals surface area contributed by atoms with Crippen LogP contribution in [0.5, 0.6) is 0 Å². The number of carbonyl (C=O) groups excluding carboxylic acids is 1. The molecule has 0 bridgehead atoms. The minimum Gasteiger partial charge on any atom is -0.274 e. The van der Waals surface area contributed by atoms with E-state index in [4.69, 9.17) is 0 Å². The van der Waals surface area contributed by atoms with Crippen LogP contribution in [0.3, 0.4) is 0 Å². The number of rotatable bonds is 3. The Morgan fingerprint density at radius 2 is 1.75 bits per heavy atom. The van der Waals surface area contributed by atoms with Crippen LogP contribution in [0.4, 0.5) is 8.78 Å². The van der Waals surface area contributed by atoms with Gasteiger partial charge in [-0.05, 0) is 24.0 Å². The Balaban J connectivity index is 3.07. The number of nitrogens with one attached hydrogen (secondary N) is 1. The third-order valence-electron chi connectivity index (χ3n) is 2.44. The number of benzene rings is 1. The lowest BCUT2D eigenvalue weighted by molar-refractivity contribution is -0.121. The minimum absolute atomic E-state index is 0.0185. The number of hydrogen-bond donors (Lipinski definition) is 1. The average molecular weight is 305 g/mol. The first-order valence-electron chi connectivity index (χ1n) is 5.94. The molecule has 0 aromatic heterocycles. The van der Waals surface area contributed by atoms with E-state index in [1.54, 1.807) is 25.5 Å². The van der Waals surface area contributed by atoms with Crippen LogP contribution < -0.4 is 4.72 Å². The van der Waals surface area contributed by atoms with Crippen molar-refractivity contribution in [2.75, 3.05) is 0 Å². The maximum Gasteiger partial charge on any atom is 0.266 e. The van der Waals surface area contributed by atoms with Crippen LogP contribution in [0.25, 0.3) is 0 Å². The topological polar surface area (TPSA) is 63.2 Å². The van der Waals surface area contributed by atoms with Crippen molar-refractivity contribution in [3.8, 4) is 0 Å². The summed E-state index contributed by atoms with van der Waals surface area (Å²) in [6.45, 7) is 6.61. The molecule has 0 aliphatic heterocycles. The number of halogens is 2. The molecule has 0 fully saturated rings. The zero-order chi connectivity index (χ0) is 15.7. The van der Waals surface area contributed by atoms with Crippen molar-refractivity contribution in [3.05, 3.63) is 29.3 Å². The van der Waals surface area contributed by atoms with E-state index in [1.165, 1.54) is 6.92 Å². The number of sulfonamides is 1. The highest BCUT2D eigenvalue weighted by Crippen LogP contribution is 2.21. The third-order valence-corrected chi connectivity index (χ3v) is 3.83. The number of hydrogen-bond acceptors (Lipinski definition) is 3. The zero-order valence-corrected chi connectivity index (χ0v) is 12.6. The fraction of sp³-hybridized carbons (Fsp3) is 0.462. The van der Waals surface area contributed by atoms with E-state index in [0.29, 0.717) is 6.07 Å². The Labute approximate surface area is 117 Å². The van der Waals surface area contributed by atoms with Gasteiger partial charge in [0.15, 0.2) is 0 Å². The summed E-state index contributed by atoms with van der Waals surface area (Å²) in [6.07, 6.45) is -0.0337. The molecule has 0 heterocycles. The molecule has 20 heavy (non-hydrogen) atoms. The first-order chi connectivity index (χ1) is 8.92. The second-order valence-electron chi connectivity index (χ2n) is 5.80. The van der Waals surface area contributed by atoms with Gasteiger partial charge in [0.25, 0.3) is 10.0 Å². The standard InChI is InChI=1S/C13H17F2NO3S/c1-8-5-11(10(15)6-9(8)14)20(18,19)16-12(17)7-13(2,3)4/h5-6H,7H2,1-4H3,(H,16,17). The van der Waals surface area contributed by atoms with Crippen LogP contribution in [-0.4, -0.2) is 14.3 Å². The Kier molecular flexibility index (Phi) is 4.53. The van der Waals surface area contributed by atoms with Crippen molar-refractivity contribution in [1.82, 2.24) is 4.72 Å². The first kappa shape index (κ1) is 16.6. The van der Waals surface area contributed by atoms with E-state index in [1.807, 2.05) is 0 Å². The van der Waals surface area contributed by atoms with Gasteiger partial charge in [0.05, 0.1) is 0 Å². The summed E-state index contributed by atoms with van der Waals surface area (Å²) < 4.78 is 52.3. The Hall–Kier alpha value is -1.50. The summed E-state index contributed by atoms with van der Waals surface area (Å²) in [5, 5.41) is 0. The van der Waals surface area contributed by atoms with Gasteiger partial charge >= 0.3 is 0 Å². The molecule has 1 aromatic rings. The molecule has 4 nitrogen and oxygen atoms in total. The minimum atomic E-state index is -4.34. The van der Waals surface area contributed by atoms with E-state index < -0.39 is 37.9 Å². The Morgan fingerprint density at radius 1 is 1.20 bits per heavy atom. The van der Waals surface area contributed by atoms with Crippen molar-refractivity contribution in [2.45, 2.75) is 39.0 Å². The van der Waals surface area contributed by atoms with Gasteiger partial charge < -0.3 is 0 Å². The van der Waals surface area contributed by atoms with Gasteiger partial charge in [-0.15, -0.1) is 0 Å². The monoisotopic (exact) mass is 305 g/mol. The van der Waals surface area contributed by atoms with Crippen LogP contribution >= 0.6 is 0 Å². The molecule has 1 N–H and O–H groups in total. The molecule has 1 rings (SSSR count). The predicted molar refractivity (Wildman–Crippen MR) is 70.5 cm³/mol. The normalized spacial score (nSPS) is 12.3. The summed E-state index contributed by atoms with van der Waals surface area (Å²) in [5.74, 6) is -2.81. The number of aryl methyl sites for hydroxylation is 1. The van der Waals surface area contributed by atoms with Gasteiger partial charge in [-0.25, -0.2) is 21.9 Å². The maximum atomic E-state index is 13.5. The molecule has 112 valence electrons. The van der Waals surface area contributed by atoms with Gasteiger partial charge in [0.1, 0.15) is 16.5 Å². The first-order valence-corrected chi connectivity index (χ1v) is 7.42. The zero-order valence-electron chi connectivity index (χ0n) is 11.8. The second kappa shape index (κ2) is 5.47. The molecule has 1 aromatic carbocycles. The summed E-state index contributed by atoms with van der Waals surface area (Å²) in [7, 11) is -4.34. The van der Waals surface area contributed by atoms with E-state index >= 15 is 0 Å². The molecule has 7 heteroatoms. The molecule has 0 spiro atoms. The van der Waals surface area contributed by atoms with E-state index in [9.17, 15) is 22.0 Å². The molecule has 0 aliphatic carbocycles. The van der Waals surface area contributed by atoms with Crippen molar-refractivity contribution in [3.63, 3.8) is 0 Å². The molecule has 0 saturated heterocycles. The van der Waals surface area contributed by atoms with E-state index in [-0.39, 0.29) is 12.0 Å². The average Bonchev–Trinajstić information content (AvgIpc) is 2.19. The van der Waals surface area contributed by atoms with Crippen molar-refractivity contribution in [1.29, 1.82) is 0 Å². The van der Waals surface area contributed by atoms with Gasteiger partial charge in [0.2, 0.25) is 5.91 Å². The molecule has 0 aliphatic rings. The van der Waals surface area contributed by atoms with Crippen molar-refractivity contribution < 1.29 is 22.0 Å².